The Morgan fingerprint density at radius 1 is 1.26 bits per heavy atom. The van der Waals surface area contributed by atoms with Crippen LogP contribution < -0.4 is 0 Å². The predicted octanol–water partition coefficient (Wildman–Crippen LogP) is 4.91. The zero-order valence-corrected chi connectivity index (χ0v) is 13.5. The van der Waals surface area contributed by atoms with Crippen LogP contribution >= 0.6 is 11.8 Å². The zero-order chi connectivity index (χ0) is 17.4. The fourth-order valence-electron chi connectivity index (χ4n) is 2.43. The molecule has 0 N–H and O–H groups in total. The summed E-state index contributed by atoms with van der Waals surface area (Å²) in [6.07, 6.45) is -7.73. The Labute approximate surface area is 135 Å². The summed E-state index contributed by atoms with van der Waals surface area (Å²) in [6.45, 7) is 7.60. The molecule has 0 amide bonds. The lowest BCUT2D eigenvalue weighted by molar-refractivity contribution is -0.141. The quantitative estimate of drug-likeness (QED) is 0.720. The van der Waals surface area contributed by atoms with Gasteiger partial charge in [0.05, 0.1) is 0 Å². The van der Waals surface area contributed by atoms with Crippen molar-refractivity contribution in [2.24, 2.45) is 10.9 Å². The number of nitrogens with zero attached hydrogens (tertiary/aromatic N) is 2. The molecular formula is C15H16F5N2S. The van der Waals surface area contributed by atoms with Gasteiger partial charge in [0.2, 0.25) is 0 Å². The fourth-order valence-corrected chi connectivity index (χ4v) is 3.35. The van der Waals surface area contributed by atoms with Crippen LogP contribution in [-0.2, 0) is 12.6 Å². The lowest BCUT2D eigenvalue weighted by Crippen LogP contribution is -2.21. The minimum atomic E-state index is -4.83. The van der Waals surface area contributed by atoms with Crippen molar-refractivity contribution in [2.45, 2.75) is 32.9 Å². The molecule has 127 valence electrons. The predicted molar refractivity (Wildman–Crippen MR) is 81.1 cm³/mol. The summed E-state index contributed by atoms with van der Waals surface area (Å²) in [7, 11) is 0. The van der Waals surface area contributed by atoms with Crippen molar-refractivity contribution in [3.8, 4) is 0 Å². The summed E-state index contributed by atoms with van der Waals surface area (Å²) in [4.78, 5) is 7.31. The van der Waals surface area contributed by atoms with Crippen molar-refractivity contribution in [1.29, 1.82) is 0 Å². The number of pyridine rings is 1. The molecule has 1 radical (unpaired) electrons. The molecule has 0 aliphatic carbocycles. The Morgan fingerprint density at radius 2 is 1.91 bits per heavy atom. The molecule has 2 rings (SSSR count). The van der Waals surface area contributed by atoms with Crippen LogP contribution in [0.5, 0.6) is 0 Å². The Bertz CT molecular complexity index is 623. The normalized spacial score (nSPS) is 15.7. The minimum absolute atomic E-state index is 0.0183. The van der Waals surface area contributed by atoms with Gasteiger partial charge in [-0.15, -0.1) is 11.8 Å². The molecule has 0 saturated heterocycles. The zero-order valence-electron chi connectivity index (χ0n) is 12.7. The lowest BCUT2D eigenvalue weighted by Gasteiger charge is -2.21. The fraction of sp³-hybridized carbons (Fsp3) is 0.533. The molecule has 0 unspecified atom stereocenters. The molecule has 2 heterocycles. The van der Waals surface area contributed by atoms with E-state index in [-0.39, 0.29) is 34.1 Å². The Morgan fingerprint density at radius 3 is 2.35 bits per heavy atom. The summed E-state index contributed by atoms with van der Waals surface area (Å²) in [5.74, 6) is 0.548. The van der Waals surface area contributed by atoms with E-state index in [9.17, 15) is 22.0 Å². The average Bonchev–Trinajstić information content (AvgIpc) is 2.92. The maximum atomic E-state index is 13.4. The molecule has 1 aromatic rings. The van der Waals surface area contributed by atoms with Gasteiger partial charge in [-0.2, -0.15) is 13.2 Å². The van der Waals surface area contributed by atoms with Crippen molar-refractivity contribution in [3.05, 3.63) is 35.0 Å². The molecule has 1 aliphatic heterocycles. The van der Waals surface area contributed by atoms with Gasteiger partial charge in [-0.3, -0.25) is 4.99 Å². The monoisotopic (exact) mass is 351 g/mol. The van der Waals surface area contributed by atoms with Crippen molar-refractivity contribution in [2.75, 3.05) is 12.3 Å². The largest absolute Gasteiger partial charge is 0.434 e. The number of hydrogen-bond acceptors (Lipinski definition) is 3. The van der Waals surface area contributed by atoms with Gasteiger partial charge in [0.15, 0.2) is 5.69 Å². The number of hydrogen-bond donors (Lipinski definition) is 0. The second kappa shape index (κ2) is 6.75. The molecule has 8 heteroatoms. The van der Waals surface area contributed by atoms with Crippen molar-refractivity contribution in [1.82, 2.24) is 4.98 Å². The first-order valence-corrected chi connectivity index (χ1v) is 8.03. The number of thioether (sulfide) groups is 1. The van der Waals surface area contributed by atoms with Gasteiger partial charge in [0, 0.05) is 17.9 Å². The molecule has 1 aromatic heterocycles. The highest BCUT2D eigenvalue weighted by Crippen LogP contribution is 2.39. The smallest absolute Gasteiger partial charge is 0.277 e. The molecule has 0 spiro atoms. The summed E-state index contributed by atoms with van der Waals surface area (Å²) in [5.41, 5.74) is -2.31. The summed E-state index contributed by atoms with van der Waals surface area (Å²) in [5, 5.41) is 0.214. The first-order chi connectivity index (χ1) is 10.6. The number of alkyl halides is 5. The van der Waals surface area contributed by atoms with E-state index >= 15 is 0 Å². The summed E-state index contributed by atoms with van der Waals surface area (Å²) >= 11 is 1.18. The standard InChI is InChI=1S/C15H16F5N2S/c1-7(2)6-9-8(3)11(13(16)17)22-12(15(18,19)20)10(9)14-21-4-5-23-14/h7,13H,3-6H2,1-2H3. The maximum absolute atomic E-state index is 13.4. The number of halogens is 5. The van der Waals surface area contributed by atoms with Crippen LogP contribution in [-0.4, -0.2) is 22.3 Å². The number of rotatable bonds is 4. The van der Waals surface area contributed by atoms with Crippen LogP contribution in [0.15, 0.2) is 4.99 Å². The highest BCUT2D eigenvalue weighted by atomic mass is 32.2. The van der Waals surface area contributed by atoms with Crippen LogP contribution in [0.25, 0.3) is 0 Å². The highest BCUT2D eigenvalue weighted by molar-refractivity contribution is 8.14. The number of aliphatic imine (C=N–C) groups is 1. The van der Waals surface area contributed by atoms with E-state index in [1.165, 1.54) is 11.8 Å². The van der Waals surface area contributed by atoms with Gasteiger partial charge in [-0.25, -0.2) is 13.8 Å². The number of aromatic nitrogens is 1. The van der Waals surface area contributed by atoms with Gasteiger partial charge < -0.3 is 0 Å². The molecule has 0 saturated carbocycles. The average molecular weight is 351 g/mol. The third-order valence-electron chi connectivity index (χ3n) is 3.33. The highest BCUT2D eigenvalue weighted by Gasteiger charge is 2.40. The second-order valence-corrected chi connectivity index (χ2v) is 6.69. The first-order valence-electron chi connectivity index (χ1n) is 7.04. The maximum Gasteiger partial charge on any atom is 0.434 e. The third-order valence-corrected chi connectivity index (χ3v) is 4.32. The molecular weight excluding hydrogens is 335 g/mol. The topological polar surface area (TPSA) is 25.2 Å². The summed E-state index contributed by atoms with van der Waals surface area (Å²) in [6, 6.07) is 0. The SMILES string of the molecule is [CH2]c1c(C(F)F)nc(C(F)(F)F)c(C2=NCCS2)c1CC(C)C. The molecule has 2 nitrogen and oxygen atoms in total. The van der Waals surface area contributed by atoms with E-state index in [0.29, 0.717) is 12.3 Å². The van der Waals surface area contributed by atoms with E-state index < -0.39 is 24.0 Å². The van der Waals surface area contributed by atoms with Crippen molar-refractivity contribution < 1.29 is 22.0 Å². The van der Waals surface area contributed by atoms with Gasteiger partial charge >= 0.3 is 6.18 Å². The van der Waals surface area contributed by atoms with Crippen LogP contribution in [0.1, 0.15) is 48.4 Å². The van der Waals surface area contributed by atoms with Gasteiger partial charge in [0.1, 0.15) is 10.7 Å². The molecule has 0 bridgehead atoms. The lowest BCUT2D eigenvalue weighted by atomic mass is 9.92. The molecule has 23 heavy (non-hydrogen) atoms. The van der Waals surface area contributed by atoms with Crippen LogP contribution in [0.4, 0.5) is 22.0 Å². The van der Waals surface area contributed by atoms with Crippen molar-refractivity contribution >= 4 is 16.8 Å². The van der Waals surface area contributed by atoms with E-state index in [1.807, 2.05) is 13.8 Å². The van der Waals surface area contributed by atoms with Crippen LogP contribution in [0.3, 0.4) is 0 Å². The van der Waals surface area contributed by atoms with Crippen LogP contribution in [0, 0.1) is 12.8 Å². The Balaban J connectivity index is 2.80. The van der Waals surface area contributed by atoms with Gasteiger partial charge in [-0.1, -0.05) is 13.8 Å². The Hall–Kier alpha value is -1.18. The van der Waals surface area contributed by atoms with E-state index in [4.69, 9.17) is 0 Å². The second-order valence-electron chi connectivity index (χ2n) is 5.61. The molecule has 0 atom stereocenters. The van der Waals surface area contributed by atoms with Gasteiger partial charge in [0.25, 0.3) is 6.43 Å². The van der Waals surface area contributed by atoms with E-state index in [2.05, 4.69) is 16.9 Å². The van der Waals surface area contributed by atoms with Gasteiger partial charge in [-0.05, 0) is 30.4 Å². The van der Waals surface area contributed by atoms with E-state index in [1.54, 1.807) is 0 Å². The third kappa shape index (κ3) is 3.84. The molecule has 0 fully saturated rings. The van der Waals surface area contributed by atoms with Crippen molar-refractivity contribution in [3.63, 3.8) is 0 Å². The van der Waals surface area contributed by atoms with Crippen LogP contribution in [0.2, 0.25) is 0 Å². The minimum Gasteiger partial charge on any atom is -0.277 e. The Kier molecular flexibility index (Phi) is 5.33. The first kappa shape index (κ1) is 18.2. The molecule has 1 aliphatic rings. The molecule has 0 aromatic carbocycles. The summed E-state index contributed by atoms with van der Waals surface area (Å²) < 4.78 is 66.4. The van der Waals surface area contributed by atoms with E-state index in [0.717, 1.165) is 0 Å².